The van der Waals surface area contributed by atoms with Gasteiger partial charge in [0.25, 0.3) is 11.8 Å². The van der Waals surface area contributed by atoms with Crippen LogP contribution in [-0.4, -0.2) is 34.2 Å². The van der Waals surface area contributed by atoms with Crippen molar-refractivity contribution in [1.82, 2.24) is 10.2 Å². The quantitative estimate of drug-likeness (QED) is 0.600. The number of alkyl halides is 3. The van der Waals surface area contributed by atoms with Crippen LogP contribution in [0.25, 0.3) is 0 Å². The zero-order valence-electron chi connectivity index (χ0n) is 18.1. The molecule has 2 aliphatic rings. The number of hydrogen-bond donors (Lipinski definition) is 1. The third kappa shape index (κ3) is 3.90. The van der Waals surface area contributed by atoms with Gasteiger partial charge in [-0.05, 0) is 42.2 Å². The normalized spacial score (nSPS) is 22.3. The van der Waals surface area contributed by atoms with Gasteiger partial charge in [-0.25, -0.2) is 0 Å². The van der Waals surface area contributed by atoms with Crippen molar-refractivity contribution in [2.45, 2.75) is 44.9 Å². The molecule has 180 valence electrons. The Kier molecular flexibility index (Phi) is 5.85. The fraction of sp³-hybridized carbons (Fsp3) is 0.348. The zero-order valence-corrected chi connectivity index (χ0v) is 19.6. The van der Waals surface area contributed by atoms with Gasteiger partial charge in [-0.1, -0.05) is 37.0 Å². The van der Waals surface area contributed by atoms with Crippen molar-refractivity contribution >= 4 is 40.8 Å². The lowest BCUT2D eigenvalue weighted by atomic mass is 9.72. The number of allylic oxidation sites excluding steroid dienone is 1. The summed E-state index contributed by atoms with van der Waals surface area (Å²) in [6, 6.07) is 6.65. The fourth-order valence-corrected chi connectivity index (χ4v) is 4.96. The molecule has 0 radical (unpaired) electrons. The number of benzene rings is 1. The molecule has 6 nitrogen and oxygen atoms in total. The molecule has 1 aliphatic carbocycles. The minimum atomic E-state index is -5.33. The summed E-state index contributed by atoms with van der Waals surface area (Å²) < 4.78 is 49.5. The van der Waals surface area contributed by atoms with Gasteiger partial charge in [0.2, 0.25) is 5.54 Å². The number of hydrogen-bond acceptors (Lipinski definition) is 4. The van der Waals surface area contributed by atoms with Crippen LogP contribution in [0.3, 0.4) is 0 Å². The Morgan fingerprint density at radius 3 is 2.47 bits per heavy atom. The van der Waals surface area contributed by atoms with Crippen molar-refractivity contribution in [3.05, 3.63) is 69.2 Å². The van der Waals surface area contributed by atoms with E-state index in [2.05, 4.69) is 0 Å². The highest BCUT2D eigenvalue weighted by Gasteiger charge is 2.71. The number of rotatable bonds is 4. The van der Waals surface area contributed by atoms with Crippen molar-refractivity contribution in [2.24, 2.45) is 5.41 Å². The van der Waals surface area contributed by atoms with Crippen LogP contribution in [0.15, 0.2) is 52.3 Å². The van der Waals surface area contributed by atoms with E-state index in [4.69, 9.17) is 27.6 Å². The maximum absolute atomic E-state index is 14.8. The molecule has 0 unspecified atom stereocenters. The number of carbonyl (C=O) groups excluding carboxylic acids is 3. The first-order chi connectivity index (χ1) is 15.8. The van der Waals surface area contributed by atoms with Gasteiger partial charge in [-0.3, -0.25) is 14.4 Å². The molecule has 1 N–H and O–H groups in total. The van der Waals surface area contributed by atoms with Gasteiger partial charge < -0.3 is 14.6 Å². The molecular formula is C23H19Cl2F3N2O4. The van der Waals surface area contributed by atoms with Crippen molar-refractivity contribution < 1.29 is 32.0 Å². The summed E-state index contributed by atoms with van der Waals surface area (Å²) in [6.07, 6.45) is -4.20. The van der Waals surface area contributed by atoms with Crippen molar-refractivity contribution in [3.63, 3.8) is 0 Å². The molecule has 4 rings (SSSR count). The predicted octanol–water partition coefficient (Wildman–Crippen LogP) is 5.30. The Hall–Kier alpha value is -2.78. The Morgan fingerprint density at radius 1 is 1.18 bits per heavy atom. The van der Waals surface area contributed by atoms with Gasteiger partial charge in [-0.2, -0.15) is 13.2 Å². The summed E-state index contributed by atoms with van der Waals surface area (Å²) in [7, 11) is 0. The van der Waals surface area contributed by atoms with E-state index in [0.717, 1.165) is 11.0 Å². The smallest absolute Gasteiger partial charge is 0.425 e. The van der Waals surface area contributed by atoms with Crippen molar-refractivity contribution in [2.75, 3.05) is 0 Å². The Morgan fingerprint density at radius 2 is 1.88 bits per heavy atom. The largest absolute Gasteiger partial charge is 0.467 e. The highest BCUT2D eigenvalue weighted by atomic mass is 35.5. The van der Waals surface area contributed by atoms with Gasteiger partial charge in [0, 0.05) is 17.1 Å². The maximum atomic E-state index is 14.8. The number of nitrogens with one attached hydrogen (secondary N) is 1. The highest BCUT2D eigenvalue weighted by Crippen LogP contribution is 2.52. The van der Waals surface area contributed by atoms with E-state index in [0.29, 0.717) is 0 Å². The molecule has 0 bridgehead atoms. The van der Waals surface area contributed by atoms with Crippen LogP contribution in [0, 0.1) is 5.41 Å². The average Bonchev–Trinajstić information content (AvgIpc) is 3.28. The zero-order chi connectivity index (χ0) is 25.1. The van der Waals surface area contributed by atoms with Gasteiger partial charge in [0.1, 0.15) is 5.76 Å². The maximum Gasteiger partial charge on any atom is 0.425 e. The van der Waals surface area contributed by atoms with Crippen LogP contribution in [0.5, 0.6) is 0 Å². The van der Waals surface area contributed by atoms with Gasteiger partial charge in [0.15, 0.2) is 5.78 Å². The third-order valence-corrected chi connectivity index (χ3v) is 6.46. The SMILES string of the molecule is CC1(C)CC(=O)C2=C(C1)N(Cc1ccco1)C(=O)[C@]2(NC(=O)c1ccc(Cl)cc1Cl)C(F)(F)F. The molecule has 0 saturated heterocycles. The second-order valence-corrected chi connectivity index (χ2v) is 9.90. The molecule has 1 aromatic heterocycles. The average molecular weight is 515 g/mol. The summed E-state index contributed by atoms with van der Waals surface area (Å²) in [5.41, 5.74) is -5.43. The molecule has 34 heavy (non-hydrogen) atoms. The lowest BCUT2D eigenvalue weighted by molar-refractivity contribution is -0.191. The second-order valence-electron chi connectivity index (χ2n) is 9.06. The molecule has 0 saturated carbocycles. The number of halogens is 5. The molecule has 2 heterocycles. The number of carbonyl (C=O) groups is 3. The number of nitrogens with zero attached hydrogens (tertiary/aromatic N) is 1. The summed E-state index contributed by atoms with van der Waals surface area (Å²) >= 11 is 11.8. The molecule has 1 aliphatic heterocycles. The molecule has 1 aromatic carbocycles. The summed E-state index contributed by atoms with van der Waals surface area (Å²) in [6.45, 7) is 3.12. The lowest BCUT2D eigenvalue weighted by Crippen LogP contribution is -2.66. The van der Waals surface area contributed by atoms with Crippen LogP contribution >= 0.6 is 23.2 Å². The van der Waals surface area contributed by atoms with E-state index in [9.17, 15) is 27.6 Å². The van der Waals surface area contributed by atoms with Crippen LogP contribution in [0.1, 0.15) is 42.8 Å². The number of amides is 2. The molecule has 2 amide bonds. The Bertz CT molecular complexity index is 1220. The molecule has 0 spiro atoms. The Balaban J connectivity index is 1.88. The number of furan rings is 1. The van der Waals surface area contributed by atoms with Crippen LogP contribution in [0.4, 0.5) is 13.2 Å². The summed E-state index contributed by atoms with van der Waals surface area (Å²) in [4.78, 5) is 40.5. The van der Waals surface area contributed by atoms with Crippen LogP contribution in [0.2, 0.25) is 10.0 Å². The van der Waals surface area contributed by atoms with E-state index in [1.807, 2.05) is 5.32 Å². The van der Waals surface area contributed by atoms with Gasteiger partial charge in [0.05, 0.1) is 29.0 Å². The molecular weight excluding hydrogens is 496 g/mol. The van der Waals surface area contributed by atoms with Crippen molar-refractivity contribution in [1.29, 1.82) is 0 Å². The molecule has 0 fully saturated rings. The second kappa shape index (κ2) is 8.16. The first kappa shape index (κ1) is 24.3. The van der Waals surface area contributed by atoms with E-state index < -0.39 is 40.3 Å². The first-order valence-corrected chi connectivity index (χ1v) is 11.0. The van der Waals surface area contributed by atoms with Crippen LogP contribution in [-0.2, 0) is 16.1 Å². The molecule has 11 heteroatoms. The Labute approximate surface area is 202 Å². The molecule has 1 atom stereocenters. The van der Waals surface area contributed by atoms with Crippen LogP contribution < -0.4 is 5.32 Å². The van der Waals surface area contributed by atoms with E-state index in [1.54, 1.807) is 13.8 Å². The van der Waals surface area contributed by atoms with Gasteiger partial charge in [-0.15, -0.1) is 0 Å². The standard InChI is InChI=1S/C23H19Cl2F3N2O4/c1-21(2)9-16-18(17(31)10-21)22(23(26,27)28,20(33)30(16)11-13-4-3-7-34-13)29-19(32)14-6-5-12(24)8-15(14)25/h3-8H,9-11H2,1-2H3,(H,29,32)/t22-/m0/s1. The van der Waals surface area contributed by atoms with Crippen molar-refractivity contribution in [3.8, 4) is 0 Å². The summed E-state index contributed by atoms with van der Waals surface area (Å²) in [5, 5.41) is 1.80. The topological polar surface area (TPSA) is 79.6 Å². The fourth-order valence-electron chi connectivity index (χ4n) is 4.46. The molecule has 2 aromatic rings. The minimum absolute atomic E-state index is 0.0237. The highest BCUT2D eigenvalue weighted by molar-refractivity contribution is 6.36. The third-order valence-electron chi connectivity index (χ3n) is 5.92. The predicted molar refractivity (Wildman–Crippen MR) is 117 cm³/mol. The minimum Gasteiger partial charge on any atom is -0.467 e. The monoisotopic (exact) mass is 514 g/mol. The summed E-state index contributed by atoms with van der Waals surface area (Å²) in [5.74, 6) is -3.38. The first-order valence-electron chi connectivity index (χ1n) is 10.2. The number of ketones is 1. The van der Waals surface area contributed by atoms with E-state index in [-0.39, 0.29) is 46.5 Å². The van der Waals surface area contributed by atoms with E-state index >= 15 is 0 Å². The van der Waals surface area contributed by atoms with E-state index in [1.165, 1.54) is 30.5 Å². The van der Waals surface area contributed by atoms with Gasteiger partial charge >= 0.3 is 6.18 Å². The lowest BCUT2D eigenvalue weighted by Gasteiger charge is -2.35. The number of Topliss-reactive ketones (excluding diaryl/α,β-unsaturated/α-hetero) is 1.